The number of rotatable bonds is 7. The maximum atomic E-state index is 11.6. The summed E-state index contributed by atoms with van der Waals surface area (Å²) >= 11 is 0. The molecule has 0 aromatic rings. The van der Waals surface area contributed by atoms with Gasteiger partial charge in [0.25, 0.3) is 5.79 Å². The van der Waals surface area contributed by atoms with E-state index < -0.39 is 66.8 Å². The number of carbonyl (C=O) groups is 5. The Bertz CT molecular complexity index is 659. The van der Waals surface area contributed by atoms with Crippen molar-refractivity contribution in [1.82, 2.24) is 0 Å². The van der Waals surface area contributed by atoms with Crippen LogP contribution in [0, 0.1) is 0 Å². The molecule has 13 nitrogen and oxygen atoms in total. The summed E-state index contributed by atoms with van der Waals surface area (Å²) in [6, 6.07) is 0. The number of ether oxygens (including phenoxy) is 5. The highest BCUT2D eigenvalue weighted by Gasteiger charge is 2.63. The first-order valence-electron chi connectivity index (χ1n) is 8.26. The predicted octanol–water partition coefficient (Wildman–Crippen LogP) is -1.12. The highest BCUT2D eigenvalue weighted by atomic mass is 17.2. The lowest BCUT2D eigenvalue weighted by Gasteiger charge is -2.47. The Morgan fingerprint density at radius 3 is 1.83 bits per heavy atom. The second-order valence-corrected chi connectivity index (χ2v) is 5.92. The summed E-state index contributed by atoms with van der Waals surface area (Å²) in [6.45, 7) is 4.28. The van der Waals surface area contributed by atoms with Crippen LogP contribution in [0.4, 0.5) is 0 Å². The molecular weight excluding hydrogens is 400 g/mol. The molecule has 1 saturated heterocycles. The van der Waals surface area contributed by atoms with Crippen molar-refractivity contribution in [1.29, 1.82) is 0 Å². The molecular formula is C16H22O13. The number of esters is 4. The molecule has 164 valence electrons. The van der Waals surface area contributed by atoms with Crippen molar-refractivity contribution < 1.29 is 62.5 Å². The molecule has 1 N–H and O–H groups in total. The van der Waals surface area contributed by atoms with E-state index >= 15 is 0 Å². The van der Waals surface area contributed by atoms with Crippen LogP contribution in [0.15, 0.2) is 0 Å². The summed E-state index contributed by atoms with van der Waals surface area (Å²) in [7, 11) is 0. The van der Waals surface area contributed by atoms with E-state index in [0.29, 0.717) is 0 Å². The first-order chi connectivity index (χ1) is 13.4. The SMILES string of the molecule is CC(=O)OC[C@H]1O[C@@H](OC(C)=O)[C@H](OC(C)=O)[C@@H](OC(C)=O)[C@@]1(O)OOC(C)=O. The zero-order chi connectivity index (χ0) is 22.4. The summed E-state index contributed by atoms with van der Waals surface area (Å²) < 4.78 is 25.1. The molecule has 5 atom stereocenters. The summed E-state index contributed by atoms with van der Waals surface area (Å²) in [4.78, 5) is 65.9. The topological polar surface area (TPSA) is 170 Å². The largest absolute Gasteiger partial charge is 0.463 e. The maximum absolute atomic E-state index is 11.6. The van der Waals surface area contributed by atoms with Gasteiger partial charge in [-0.1, -0.05) is 0 Å². The van der Waals surface area contributed by atoms with E-state index in [4.69, 9.17) is 28.6 Å². The van der Waals surface area contributed by atoms with Gasteiger partial charge in [0.1, 0.15) is 6.61 Å². The van der Waals surface area contributed by atoms with Crippen LogP contribution in [0.25, 0.3) is 0 Å². The Kier molecular flexibility index (Phi) is 8.48. The van der Waals surface area contributed by atoms with Crippen molar-refractivity contribution in [3.63, 3.8) is 0 Å². The lowest BCUT2D eigenvalue weighted by Crippen LogP contribution is -2.70. The molecule has 13 heteroatoms. The molecule has 1 aliphatic rings. The zero-order valence-corrected chi connectivity index (χ0v) is 16.4. The number of hydrogen-bond donors (Lipinski definition) is 1. The molecule has 0 unspecified atom stereocenters. The molecule has 0 amide bonds. The van der Waals surface area contributed by atoms with Crippen LogP contribution in [-0.2, 0) is 57.4 Å². The van der Waals surface area contributed by atoms with E-state index in [9.17, 15) is 29.1 Å². The molecule has 0 bridgehead atoms. The molecule has 0 radical (unpaired) electrons. The molecule has 1 aliphatic heterocycles. The van der Waals surface area contributed by atoms with Gasteiger partial charge in [0.2, 0.25) is 18.5 Å². The summed E-state index contributed by atoms with van der Waals surface area (Å²) in [5, 5.41) is 11.0. The number of aliphatic hydroxyl groups is 1. The Morgan fingerprint density at radius 2 is 1.38 bits per heavy atom. The van der Waals surface area contributed by atoms with Gasteiger partial charge in [-0.25, -0.2) is 4.79 Å². The van der Waals surface area contributed by atoms with Crippen LogP contribution in [0.1, 0.15) is 34.6 Å². The van der Waals surface area contributed by atoms with Crippen molar-refractivity contribution in [3.05, 3.63) is 0 Å². The Hall–Kier alpha value is -2.77. The summed E-state index contributed by atoms with van der Waals surface area (Å²) in [5.41, 5.74) is 0. The lowest BCUT2D eigenvalue weighted by atomic mass is 9.94. The van der Waals surface area contributed by atoms with Crippen molar-refractivity contribution in [2.45, 2.75) is 65.0 Å². The van der Waals surface area contributed by atoms with Gasteiger partial charge in [0.15, 0.2) is 6.10 Å². The smallest absolute Gasteiger partial charge is 0.339 e. The summed E-state index contributed by atoms with van der Waals surface area (Å²) in [5.74, 6) is -7.35. The van der Waals surface area contributed by atoms with E-state index in [0.717, 1.165) is 34.6 Å². The normalized spacial score (nSPS) is 28.6. The van der Waals surface area contributed by atoms with Crippen LogP contribution < -0.4 is 0 Å². The fourth-order valence-corrected chi connectivity index (χ4v) is 2.37. The average molecular weight is 422 g/mol. The minimum atomic E-state index is -2.82. The second kappa shape index (κ2) is 10.1. The third kappa shape index (κ3) is 6.96. The fraction of sp³-hybridized carbons (Fsp3) is 0.688. The van der Waals surface area contributed by atoms with Crippen LogP contribution in [-0.4, -0.2) is 71.9 Å². The predicted molar refractivity (Wildman–Crippen MR) is 86.0 cm³/mol. The molecule has 1 heterocycles. The van der Waals surface area contributed by atoms with E-state index in [1.807, 2.05) is 0 Å². The Labute approximate surface area is 165 Å². The van der Waals surface area contributed by atoms with E-state index in [1.54, 1.807) is 0 Å². The van der Waals surface area contributed by atoms with E-state index in [2.05, 4.69) is 4.89 Å². The second-order valence-electron chi connectivity index (χ2n) is 5.92. The van der Waals surface area contributed by atoms with Crippen molar-refractivity contribution in [2.75, 3.05) is 6.61 Å². The minimum Gasteiger partial charge on any atom is -0.463 e. The first-order valence-corrected chi connectivity index (χ1v) is 8.26. The molecule has 0 aromatic heterocycles. The van der Waals surface area contributed by atoms with Crippen LogP contribution >= 0.6 is 0 Å². The van der Waals surface area contributed by atoms with Gasteiger partial charge in [0.05, 0.1) is 0 Å². The van der Waals surface area contributed by atoms with Gasteiger partial charge in [-0.2, -0.15) is 0 Å². The molecule has 29 heavy (non-hydrogen) atoms. The van der Waals surface area contributed by atoms with Gasteiger partial charge in [-0.3, -0.25) is 24.1 Å². The van der Waals surface area contributed by atoms with Crippen LogP contribution in [0.5, 0.6) is 0 Å². The fourth-order valence-electron chi connectivity index (χ4n) is 2.37. The van der Waals surface area contributed by atoms with Gasteiger partial charge in [-0.15, -0.1) is 4.89 Å². The lowest BCUT2D eigenvalue weighted by molar-refractivity contribution is -0.472. The molecule has 0 aliphatic carbocycles. The van der Waals surface area contributed by atoms with Crippen LogP contribution in [0.2, 0.25) is 0 Å². The van der Waals surface area contributed by atoms with Crippen LogP contribution in [0.3, 0.4) is 0 Å². The van der Waals surface area contributed by atoms with Gasteiger partial charge < -0.3 is 28.8 Å². The molecule has 0 aromatic carbocycles. The highest BCUT2D eigenvalue weighted by Crippen LogP contribution is 2.36. The van der Waals surface area contributed by atoms with Crippen molar-refractivity contribution in [3.8, 4) is 0 Å². The number of hydrogen-bond acceptors (Lipinski definition) is 13. The Balaban J connectivity index is 3.43. The molecule has 0 saturated carbocycles. The minimum absolute atomic E-state index is 0.699. The van der Waals surface area contributed by atoms with Crippen molar-refractivity contribution >= 4 is 29.8 Å². The van der Waals surface area contributed by atoms with Crippen molar-refractivity contribution in [2.24, 2.45) is 0 Å². The quantitative estimate of drug-likeness (QED) is 0.172. The monoisotopic (exact) mass is 422 g/mol. The standard InChI is InChI=1S/C16H22O13/c1-7(17)23-6-12-16(22,29-28-11(5)21)14(25-9(3)19)13(24-8(2)18)15(27-12)26-10(4)20/h12-15,22H,6H2,1-5H3/t12-,13-,14-,15-,16+/m1/s1. The first kappa shape index (κ1) is 24.3. The van der Waals surface area contributed by atoms with Gasteiger partial charge in [0, 0.05) is 34.6 Å². The van der Waals surface area contributed by atoms with E-state index in [1.165, 1.54) is 0 Å². The highest BCUT2D eigenvalue weighted by molar-refractivity contribution is 5.68. The molecule has 1 fully saturated rings. The summed E-state index contributed by atoms with van der Waals surface area (Å²) in [6.07, 6.45) is -7.04. The maximum Gasteiger partial charge on any atom is 0.339 e. The van der Waals surface area contributed by atoms with E-state index in [-0.39, 0.29) is 0 Å². The zero-order valence-electron chi connectivity index (χ0n) is 16.4. The Morgan fingerprint density at radius 1 is 0.828 bits per heavy atom. The van der Waals surface area contributed by atoms with Gasteiger partial charge in [-0.05, 0) is 0 Å². The molecule has 1 rings (SSSR count). The van der Waals surface area contributed by atoms with Gasteiger partial charge >= 0.3 is 29.8 Å². The average Bonchev–Trinajstić information content (AvgIpc) is 2.56. The number of carbonyl (C=O) groups excluding carboxylic acids is 5. The third-order valence-electron chi connectivity index (χ3n) is 3.34. The third-order valence-corrected chi connectivity index (χ3v) is 3.34. The molecule has 0 spiro atoms.